The topological polar surface area (TPSA) is 128 Å². The van der Waals surface area contributed by atoms with E-state index in [1.807, 2.05) is 64.1 Å². The van der Waals surface area contributed by atoms with Crippen LogP contribution in [0.4, 0.5) is 0 Å². The number of rotatable bonds is 7. The van der Waals surface area contributed by atoms with Crippen molar-refractivity contribution in [1.29, 1.82) is 10.7 Å². The Kier molecular flexibility index (Phi) is 9.53. The Hall–Kier alpha value is -3.60. The van der Waals surface area contributed by atoms with Crippen molar-refractivity contribution in [2.45, 2.75) is 49.9 Å². The summed E-state index contributed by atoms with van der Waals surface area (Å²) in [6.07, 6.45) is 6.38. The van der Waals surface area contributed by atoms with E-state index in [1.54, 1.807) is 18.1 Å². The number of fused-ring (bicyclic) bond motifs is 1. The van der Waals surface area contributed by atoms with Crippen LogP contribution in [0.1, 0.15) is 33.3 Å². The molecule has 4 heterocycles. The zero-order chi connectivity index (χ0) is 31.5. The van der Waals surface area contributed by atoms with Crippen LogP contribution in [0.5, 0.6) is 5.75 Å². The largest absolute Gasteiger partial charge is 0.497 e. The molecule has 0 aliphatic carbocycles. The zero-order valence-corrected chi connectivity index (χ0v) is 27.3. The molecule has 0 bridgehead atoms. The molecule has 0 radical (unpaired) electrons. The van der Waals surface area contributed by atoms with Gasteiger partial charge in [-0.2, -0.15) is 5.26 Å². The second-order valence-corrected chi connectivity index (χ2v) is 13.3. The molecule has 6 rings (SSSR count). The third kappa shape index (κ3) is 6.72. The molecule has 0 amide bonds. The fraction of sp³-hybridized carbons (Fsp3) is 0.281. The van der Waals surface area contributed by atoms with E-state index in [9.17, 15) is 5.26 Å². The molecule has 0 atom stereocenters. The number of nitrogens with zero attached hydrogens (tertiary/aromatic N) is 3. The van der Waals surface area contributed by atoms with Crippen LogP contribution in [-0.4, -0.2) is 52.8 Å². The molecule has 9 nitrogen and oxygen atoms in total. The number of allylic oxidation sites excluding steroid dienone is 1. The van der Waals surface area contributed by atoms with E-state index in [0.717, 1.165) is 37.7 Å². The molecule has 2 aliphatic rings. The highest BCUT2D eigenvalue weighted by Crippen LogP contribution is 2.39. The number of benzene rings is 2. The van der Waals surface area contributed by atoms with Gasteiger partial charge < -0.3 is 29.9 Å². The lowest BCUT2D eigenvalue weighted by atomic mass is 9.79. The second kappa shape index (κ2) is 13.2. The highest BCUT2D eigenvalue weighted by molar-refractivity contribution is 9.10. The predicted octanol–water partition coefficient (Wildman–Crippen LogP) is 6.78. The minimum Gasteiger partial charge on any atom is -0.484 e. The average Bonchev–Trinajstić information content (AvgIpc) is 3.43. The summed E-state index contributed by atoms with van der Waals surface area (Å²) < 4.78 is 25.4. The summed E-state index contributed by atoms with van der Waals surface area (Å²) in [5.74, 6) is 0.594. The molecule has 2 aromatic carbocycles. The summed E-state index contributed by atoms with van der Waals surface area (Å²) in [6.45, 7) is 8.99. The lowest BCUT2D eigenvalue weighted by molar-refractivity contribution is -0.0797. The summed E-state index contributed by atoms with van der Waals surface area (Å²) in [5.41, 5.74) is 8.49. The second-order valence-electron chi connectivity index (χ2n) is 11.3. The van der Waals surface area contributed by atoms with Crippen molar-refractivity contribution >= 4 is 52.2 Å². The van der Waals surface area contributed by atoms with Crippen molar-refractivity contribution in [3.8, 4) is 22.9 Å². The molecule has 2 saturated heterocycles. The van der Waals surface area contributed by atoms with E-state index in [-0.39, 0.29) is 17.3 Å². The monoisotopic (exact) mass is 673 g/mol. The highest BCUT2D eigenvalue weighted by Gasteiger charge is 2.52. The SMILES string of the molecule is CC1(C)OB(/C(C=N)=C/N)OC1(C)C.N#Cc1cc(-c2cn(Sc3ccccc3)c3ncc(Br)cc23)ccc1OC1COC1. The summed E-state index contributed by atoms with van der Waals surface area (Å²) in [5, 5.41) is 17.8. The molecule has 4 aromatic rings. The molecule has 44 heavy (non-hydrogen) atoms. The van der Waals surface area contributed by atoms with Gasteiger partial charge in [0.05, 0.1) is 30.0 Å². The number of aromatic nitrogens is 2. The van der Waals surface area contributed by atoms with Crippen molar-refractivity contribution in [3.05, 3.63) is 88.7 Å². The van der Waals surface area contributed by atoms with E-state index in [4.69, 9.17) is 29.9 Å². The van der Waals surface area contributed by atoms with Crippen molar-refractivity contribution in [2.75, 3.05) is 13.2 Å². The standard InChI is InChI=1S/C23H16BrN3O2S.C9H17BN2O2/c24-17-9-20-21(12-27(23(20)26-11-17)30-19-4-2-1-3-5-19)15-6-7-22(16(8-15)10-25)29-18-13-28-14-18;1-8(2)9(3,4)14-10(13-8)7(5-11)6-12/h1-9,11-12,18H,13-14H2;5-6,11H,12H2,1-4H3/b;7-6+,11-5?. The van der Waals surface area contributed by atoms with Gasteiger partial charge in [-0.1, -0.05) is 24.3 Å². The zero-order valence-electron chi connectivity index (χ0n) is 24.9. The minimum atomic E-state index is -0.525. The van der Waals surface area contributed by atoms with Gasteiger partial charge in [0.2, 0.25) is 0 Å². The minimum absolute atomic E-state index is 0.0206. The highest BCUT2D eigenvalue weighted by atomic mass is 79.9. The summed E-state index contributed by atoms with van der Waals surface area (Å²) in [7, 11) is -0.525. The summed E-state index contributed by atoms with van der Waals surface area (Å²) >= 11 is 5.14. The normalized spacial score (nSPS) is 17.4. The first kappa shape index (κ1) is 31.8. The van der Waals surface area contributed by atoms with Crippen molar-refractivity contribution < 1.29 is 18.8 Å². The molecular weight excluding hydrogens is 641 g/mol. The van der Waals surface area contributed by atoms with Gasteiger partial charge in [0.1, 0.15) is 17.9 Å². The van der Waals surface area contributed by atoms with Gasteiger partial charge in [-0.25, -0.2) is 4.98 Å². The Labute approximate surface area is 270 Å². The smallest absolute Gasteiger partial charge is 0.484 e. The first-order valence-corrected chi connectivity index (χ1v) is 15.6. The van der Waals surface area contributed by atoms with Crippen LogP contribution in [0.15, 0.2) is 88.0 Å². The van der Waals surface area contributed by atoms with Crippen LogP contribution in [0.25, 0.3) is 22.2 Å². The number of ether oxygens (including phenoxy) is 2. The number of hydrogen-bond acceptors (Lipinski definition) is 9. The lowest BCUT2D eigenvalue weighted by Gasteiger charge is -2.32. The van der Waals surface area contributed by atoms with Crippen LogP contribution in [0.2, 0.25) is 0 Å². The molecule has 12 heteroatoms. The average molecular weight is 674 g/mol. The number of hydrogen-bond donors (Lipinski definition) is 2. The summed E-state index contributed by atoms with van der Waals surface area (Å²) in [4.78, 5) is 5.75. The molecule has 2 fully saturated rings. The Bertz CT molecular complexity index is 1720. The van der Waals surface area contributed by atoms with Crippen LogP contribution in [0, 0.1) is 16.7 Å². The number of nitriles is 1. The maximum absolute atomic E-state index is 9.66. The van der Waals surface area contributed by atoms with Gasteiger partial charge in [-0.3, -0.25) is 3.97 Å². The van der Waals surface area contributed by atoms with E-state index < -0.39 is 7.12 Å². The summed E-state index contributed by atoms with van der Waals surface area (Å²) in [6, 6.07) is 20.2. The van der Waals surface area contributed by atoms with Gasteiger partial charge >= 0.3 is 7.12 Å². The Morgan fingerprint density at radius 3 is 2.45 bits per heavy atom. The number of nitrogens with two attached hydrogens (primary N) is 1. The van der Waals surface area contributed by atoms with Gasteiger partial charge in [0.15, 0.2) is 5.65 Å². The molecule has 2 aliphatic heterocycles. The van der Waals surface area contributed by atoms with Gasteiger partial charge in [-0.15, -0.1) is 0 Å². The van der Waals surface area contributed by atoms with Crippen molar-refractivity contribution in [1.82, 2.24) is 8.96 Å². The molecular formula is C32H33BBrN5O4S. The molecule has 3 N–H and O–H groups in total. The Balaban J connectivity index is 0.000000232. The van der Waals surface area contributed by atoms with Crippen LogP contribution >= 0.6 is 27.9 Å². The fourth-order valence-electron chi connectivity index (χ4n) is 4.47. The van der Waals surface area contributed by atoms with Crippen LogP contribution in [-0.2, 0) is 14.0 Å². The molecule has 0 spiro atoms. The molecule has 0 unspecified atom stereocenters. The number of pyridine rings is 1. The maximum atomic E-state index is 9.66. The molecule has 0 saturated carbocycles. The van der Waals surface area contributed by atoms with Crippen LogP contribution < -0.4 is 10.5 Å². The van der Waals surface area contributed by atoms with Gasteiger partial charge in [0, 0.05) is 44.4 Å². The third-order valence-electron chi connectivity index (χ3n) is 7.72. The van der Waals surface area contributed by atoms with Gasteiger partial charge in [-0.05, 0) is 97.7 Å². The van der Waals surface area contributed by atoms with Crippen molar-refractivity contribution in [3.63, 3.8) is 0 Å². The number of nitrogens with one attached hydrogen (secondary N) is 1. The molecule has 226 valence electrons. The van der Waals surface area contributed by atoms with E-state index in [0.29, 0.717) is 30.0 Å². The van der Waals surface area contributed by atoms with Crippen LogP contribution in [0.3, 0.4) is 0 Å². The molecule has 2 aromatic heterocycles. The number of halogens is 1. The lowest BCUT2D eigenvalue weighted by Crippen LogP contribution is -2.41. The Morgan fingerprint density at radius 1 is 1.16 bits per heavy atom. The first-order valence-electron chi connectivity index (χ1n) is 14.0. The van der Waals surface area contributed by atoms with E-state index in [2.05, 4.69) is 55.4 Å². The quantitative estimate of drug-likeness (QED) is 0.162. The Morgan fingerprint density at radius 2 is 1.86 bits per heavy atom. The van der Waals surface area contributed by atoms with E-state index in [1.165, 1.54) is 6.20 Å². The van der Waals surface area contributed by atoms with Gasteiger partial charge in [0.25, 0.3) is 0 Å². The third-order valence-corrected chi connectivity index (χ3v) is 9.11. The first-order chi connectivity index (χ1) is 21.0. The fourth-order valence-corrected chi connectivity index (χ4v) is 5.70. The predicted molar refractivity (Wildman–Crippen MR) is 178 cm³/mol. The van der Waals surface area contributed by atoms with E-state index >= 15 is 0 Å². The maximum Gasteiger partial charge on any atom is 0.497 e. The van der Waals surface area contributed by atoms with Crippen molar-refractivity contribution in [2.24, 2.45) is 5.73 Å².